The Labute approximate surface area is 84.9 Å². The van der Waals surface area contributed by atoms with E-state index in [2.05, 4.69) is 10.1 Å². The molecule has 0 unspecified atom stereocenters. The fraction of sp³-hybridized carbons (Fsp3) is 0.333. The van der Waals surface area contributed by atoms with Crippen LogP contribution in [0, 0.1) is 30.3 Å². The Bertz CT molecular complexity index is 451. The van der Waals surface area contributed by atoms with Gasteiger partial charge in [0.25, 0.3) is 0 Å². The molecule has 1 rings (SSSR count). The average Bonchev–Trinajstić information content (AvgIpc) is 2.47. The molecule has 1 aromatic rings. The fourth-order valence-electron chi connectivity index (χ4n) is 0.827. The number of nitrogens with zero attached hydrogens (tertiary/aromatic N) is 6. The first-order valence-corrected chi connectivity index (χ1v) is 3.48. The minimum atomic E-state index is -2.54. The van der Waals surface area contributed by atoms with E-state index in [1.807, 2.05) is 0 Å². The standard InChI is InChI=1S/C3H3N7O6/c4-1-5-2(8(11)12)6-7(1)3(9(13)14)10(15)16/h3H,(H2,4,5,6). The number of hydrogen-bond acceptors (Lipinski definition) is 9. The van der Waals surface area contributed by atoms with Gasteiger partial charge in [0.05, 0.1) is 0 Å². The molecule has 0 aliphatic rings. The molecule has 0 aliphatic carbocycles. The van der Waals surface area contributed by atoms with Gasteiger partial charge in [-0.1, -0.05) is 0 Å². The van der Waals surface area contributed by atoms with Crippen molar-refractivity contribution in [2.24, 2.45) is 0 Å². The van der Waals surface area contributed by atoms with Gasteiger partial charge in [0, 0.05) is 5.10 Å². The number of anilines is 1. The average molecular weight is 233 g/mol. The summed E-state index contributed by atoms with van der Waals surface area (Å²) in [6, 6.07) is 0. The zero-order valence-corrected chi connectivity index (χ0v) is 7.29. The van der Waals surface area contributed by atoms with Crippen molar-refractivity contribution in [2.45, 2.75) is 6.29 Å². The van der Waals surface area contributed by atoms with Crippen LogP contribution in [0.2, 0.25) is 0 Å². The number of nitrogens with two attached hydrogens (primary N) is 1. The molecular weight excluding hydrogens is 230 g/mol. The summed E-state index contributed by atoms with van der Waals surface area (Å²) < 4.78 is 0.0537. The Morgan fingerprint density at radius 2 is 1.69 bits per heavy atom. The smallest absolute Gasteiger partial charge is 0.390 e. The van der Waals surface area contributed by atoms with Crippen molar-refractivity contribution in [3.05, 3.63) is 30.3 Å². The van der Waals surface area contributed by atoms with Crippen LogP contribution >= 0.6 is 0 Å². The maximum absolute atomic E-state index is 10.3. The third-order valence-corrected chi connectivity index (χ3v) is 1.41. The van der Waals surface area contributed by atoms with Crippen molar-refractivity contribution in [3.63, 3.8) is 0 Å². The summed E-state index contributed by atoms with van der Waals surface area (Å²) in [4.78, 5) is 30.2. The molecule has 0 fully saturated rings. The Balaban J connectivity index is 3.25. The molecule has 0 saturated heterocycles. The highest BCUT2D eigenvalue weighted by molar-refractivity contribution is 5.21. The molecule has 0 radical (unpaired) electrons. The van der Waals surface area contributed by atoms with Crippen LogP contribution in [0.25, 0.3) is 0 Å². The summed E-state index contributed by atoms with van der Waals surface area (Å²) in [5, 5.41) is 33.8. The molecule has 0 saturated carbocycles. The van der Waals surface area contributed by atoms with Gasteiger partial charge in [-0.25, -0.2) is 0 Å². The van der Waals surface area contributed by atoms with E-state index >= 15 is 0 Å². The second-order valence-electron chi connectivity index (χ2n) is 2.39. The van der Waals surface area contributed by atoms with Crippen molar-refractivity contribution in [1.29, 1.82) is 0 Å². The SMILES string of the molecule is Nc1nc([N+](=O)[O-])nn1C([N+](=O)[O-])[N+](=O)[O-]. The summed E-state index contributed by atoms with van der Waals surface area (Å²) in [6.07, 6.45) is -2.54. The van der Waals surface area contributed by atoms with E-state index in [0.717, 1.165) is 0 Å². The van der Waals surface area contributed by atoms with E-state index in [-0.39, 0.29) is 4.68 Å². The highest BCUT2D eigenvalue weighted by Gasteiger charge is 2.42. The van der Waals surface area contributed by atoms with E-state index in [4.69, 9.17) is 5.73 Å². The molecule has 0 aromatic carbocycles. The number of nitrogen functional groups attached to an aromatic ring is 1. The Hall–Kier alpha value is -2.86. The van der Waals surface area contributed by atoms with Crippen LogP contribution in [0.1, 0.15) is 6.29 Å². The third kappa shape index (κ3) is 1.81. The van der Waals surface area contributed by atoms with Crippen molar-refractivity contribution in [3.8, 4) is 0 Å². The topological polar surface area (TPSA) is 186 Å². The highest BCUT2D eigenvalue weighted by Crippen LogP contribution is 2.15. The molecular formula is C3H3N7O6. The zero-order chi connectivity index (χ0) is 12.5. The van der Waals surface area contributed by atoms with Gasteiger partial charge >= 0.3 is 18.2 Å². The molecule has 13 heteroatoms. The first-order chi connectivity index (χ1) is 7.34. The number of hydrogen-bond donors (Lipinski definition) is 1. The summed E-state index contributed by atoms with van der Waals surface area (Å²) >= 11 is 0. The monoisotopic (exact) mass is 233 g/mol. The molecule has 1 heterocycles. The van der Waals surface area contributed by atoms with Crippen LogP contribution < -0.4 is 5.73 Å². The minimum Gasteiger partial charge on any atom is -0.390 e. The lowest BCUT2D eigenvalue weighted by Crippen LogP contribution is -2.28. The van der Waals surface area contributed by atoms with Crippen molar-refractivity contribution < 1.29 is 14.8 Å². The quantitative estimate of drug-likeness (QED) is 0.377. The predicted molar refractivity (Wildman–Crippen MR) is 44.1 cm³/mol. The van der Waals surface area contributed by atoms with Crippen LogP contribution in [-0.2, 0) is 0 Å². The lowest BCUT2D eigenvalue weighted by atomic mass is 10.8. The van der Waals surface area contributed by atoms with Crippen molar-refractivity contribution in [1.82, 2.24) is 14.8 Å². The second-order valence-corrected chi connectivity index (χ2v) is 2.39. The Kier molecular flexibility index (Phi) is 2.60. The largest absolute Gasteiger partial charge is 0.569 e. The molecule has 0 amide bonds. The van der Waals surface area contributed by atoms with Gasteiger partial charge in [-0.15, -0.1) is 0 Å². The number of nitro groups is 3. The molecule has 0 atom stereocenters. The van der Waals surface area contributed by atoms with Gasteiger partial charge in [0.1, 0.15) is 9.85 Å². The zero-order valence-electron chi connectivity index (χ0n) is 7.29. The van der Waals surface area contributed by atoms with E-state index < -0.39 is 33.0 Å². The summed E-state index contributed by atoms with van der Waals surface area (Å²) in [5.74, 6) is -1.84. The molecule has 0 aliphatic heterocycles. The third-order valence-electron chi connectivity index (χ3n) is 1.41. The molecule has 2 N–H and O–H groups in total. The van der Waals surface area contributed by atoms with Crippen molar-refractivity contribution >= 4 is 11.9 Å². The first-order valence-electron chi connectivity index (χ1n) is 3.48. The van der Waals surface area contributed by atoms with Crippen LogP contribution in [0.4, 0.5) is 11.9 Å². The molecule has 1 aromatic heterocycles. The summed E-state index contributed by atoms with van der Waals surface area (Å²) in [5.41, 5.74) is 5.03. The highest BCUT2D eigenvalue weighted by atomic mass is 16.7. The maximum atomic E-state index is 10.3. The summed E-state index contributed by atoms with van der Waals surface area (Å²) in [7, 11) is 0. The molecule has 13 nitrogen and oxygen atoms in total. The van der Waals surface area contributed by atoms with Gasteiger partial charge in [-0.2, -0.15) is 0 Å². The van der Waals surface area contributed by atoms with Gasteiger partial charge in [0.2, 0.25) is 0 Å². The maximum Gasteiger partial charge on any atom is 0.569 e. The lowest BCUT2D eigenvalue weighted by molar-refractivity contribution is -0.774. The number of rotatable bonds is 4. The van der Waals surface area contributed by atoms with Crippen LogP contribution in [0.5, 0.6) is 0 Å². The first kappa shape index (κ1) is 11.2. The van der Waals surface area contributed by atoms with E-state index in [1.54, 1.807) is 0 Å². The van der Waals surface area contributed by atoms with Crippen LogP contribution in [-0.4, -0.2) is 29.5 Å². The Morgan fingerprint density at radius 3 is 2.00 bits per heavy atom. The van der Waals surface area contributed by atoms with E-state index in [1.165, 1.54) is 0 Å². The molecule has 16 heavy (non-hydrogen) atoms. The van der Waals surface area contributed by atoms with Gasteiger partial charge in [-0.3, -0.25) is 20.2 Å². The summed E-state index contributed by atoms with van der Waals surface area (Å²) in [6.45, 7) is 0. The van der Waals surface area contributed by atoms with Crippen LogP contribution in [0.3, 0.4) is 0 Å². The minimum absolute atomic E-state index is 0.0537. The molecule has 0 bridgehead atoms. The molecule has 86 valence electrons. The number of aromatic nitrogens is 3. The Morgan fingerprint density at radius 1 is 1.19 bits per heavy atom. The van der Waals surface area contributed by atoms with Crippen molar-refractivity contribution in [2.75, 3.05) is 5.73 Å². The van der Waals surface area contributed by atoms with E-state index in [9.17, 15) is 30.3 Å². The fourth-order valence-corrected chi connectivity index (χ4v) is 0.827. The predicted octanol–water partition coefficient (Wildman–Crippen LogP) is -1.22. The molecule has 0 spiro atoms. The van der Waals surface area contributed by atoms with Crippen LogP contribution in [0.15, 0.2) is 0 Å². The lowest BCUT2D eigenvalue weighted by Gasteiger charge is -1.97. The normalized spacial score (nSPS) is 10.3. The van der Waals surface area contributed by atoms with Gasteiger partial charge in [-0.05, 0) is 14.6 Å². The second kappa shape index (κ2) is 3.71. The van der Waals surface area contributed by atoms with Gasteiger partial charge < -0.3 is 15.8 Å². The van der Waals surface area contributed by atoms with E-state index in [0.29, 0.717) is 0 Å². The van der Waals surface area contributed by atoms with Gasteiger partial charge in [0.15, 0.2) is 0 Å².